The fraction of sp³-hybridized carbons (Fsp3) is 0.211. The van der Waals surface area contributed by atoms with E-state index in [9.17, 15) is 13.2 Å². The first-order valence-corrected chi connectivity index (χ1v) is 9.05. The van der Waals surface area contributed by atoms with Crippen LogP contribution in [0.3, 0.4) is 0 Å². The topological polar surface area (TPSA) is 63.7 Å². The first kappa shape index (κ1) is 19.8. The normalized spacial score (nSPS) is 12.4. The number of nitrogens with zero attached hydrogens (tertiary/aromatic N) is 4. The maximum atomic E-state index is 13.2. The molecule has 28 heavy (non-hydrogen) atoms. The van der Waals surface area contributed by atoms with Crippen LogP contribution in [0.1, 0.15) is 12.5 Å². The van der Waals surface area contributed by atoms with E-state index in [0.717, 1.165) is 23.9 Å². The molecule has 9 heteroatoms. The summed E-state index contributed by atoms with van der Waals surface area (Å²) < 4.78 is 46.2. The van der Waals surface area contributed by atoms with Gasteiger partial charge in [0.2, 0.25) is 0 Å². The van der Waals surface area contributed by atoms with Crippen molar-refractivity contribution in [3.05, 3.63) is 54.1 Å². The summed E-state index contributed by atoms with van der Waals surface area (Å²) in [5.41, 5.74) is 0.143. The maximum absolute atomic E-state index is 13.2. The Morgan fingerprint density at radius 1 is 1.14 bits per heavy atom. The third-order valence-corrected chi connectivity index (χ3v) is 4.81. The molecule has 0 aliphatic carbocycles. The van der Waals surface area contributed by atoms with Crippen LogP contribution in [0.4, 0.5) is 13.2 Å². The van der Waals surface area contributed by atoms with Gasteiger partial charge in [-0.25, -0.2) is 0 Å². The number of halogens is 3. The summed E-state index contributed by atoms with van der Waals surface area (Å²) in [7, 11) is 1.54. The summed E-state index contributed by atoms with van der Waals surface area (Å²) in [6, 6.07) is 13.9. The molecule has 0 fully saturated rings. The van der Waals surface area contributed by atoms with Crippen LogP contribution in [0.25, 0.3) is 17.1 Å². The number of ether oxygens (including phenoxy) is 1. The molecule has 0 radical (unpaired) electrons. The highest BCUT2D eigenvalue weighted by atomic mass is 32.2. The van der Waals surface area contributed by atoms with Crippen LogP contribution in [-0.2, 0) is 6.18 Å². The van der Waals surface area contributed by atoms with Gasteiger partial charge in [-0.3, -0.25) is 4.57 Å². The third-order valence-electron chi connectivity index (χ3n) is 3.88. The SMILES string of the molecule is COc1ccc(-c2nnc(S[C@H](C)C#N)n2-c2cccc(C(F)(F)F)c2)cc1. The maximum Gasteiger partial charge on any atom is 0.416 e. The molecule has 1 atom stereocenters. The predicted octanol–water partition coefficient (Wildman–Crippen LogP) is 4.97. The number of hydrogen-bond acceptors (Lipinski definition) is 5. The van der Waals surface area contributed by atoms with Crippen molar-refractivity contribution >= 4 is 11.8 Å². The lowest BCUT2D eigenvalue weighted by Crippen LogP contribution is -2.07. The minimum absolute atomic E-state index is 0.262. The highest BCUT2D eigenvalue weighted by molar-refractivity contribution is 8.00. The fourth-order valence-corrected chi connectivity index (χ4v) is 3.27. The molecule has 2 aromatic carbocycles. The second kappa shape index (κ2) is 7.94. The number of alkyl halides is 3. The molecule has 0 saturated heterocycles. The Bertz CT molecular complexity index is 1010. The highest BCUT2D eigenvalue weighted by Crippen LogP contribution is 2.34. The monoisotopic (exact) mass is 404 g/mol. The molecule has 5 nitrogen and oxygen atoms in total. The van der Waals surface area contributed by atoms with Crippen molar-refractivity contribution in [3.63, 3.8) is 0 Å². The zero-order chi connectivity index (χ0) is 20.3. The fourth-order valence-electron chi connectivity index (χ4n) is 2.51. The standard InChI is InChI=1S/C19H15F3N4OS/c1-12(11-23)28-18-25-24-17(13-6-8-16(27-2)9-7-13)26(18)15-5-3-4-14(10-15)19(20,21)22/h3-10,12H,1-2H3/t12-/m1/s1. The Kier molecular flexibility index (Phi) is 5.61. The van der Waals surface area contributed by atoms with E-state index in [1.165, 1.54) is 17.7 Å². The van der Waals surface area contributed by atoms with Gasteiger partial charge in [0.25, 0.3) is 0 Å². The Morgan fingerprint density at radius 3 is 2.46 bits per heavy atom. The van der Waals surface area contributed by atoms with Crippen molar-refractivity contribution in [2.24, 2.45) is 0 Å². The summed E-state index contributed by atoms with van der Waals surface area (Å²) >= 11 is 1.12. The van der Waals surface area contributed by atoms with E-state index >= 15 is 0 Å². The van der Waals surface area contributed by atoms with Crippen LogP contribution in [-0.4, -0.2) is 27.1 Å². The second-order valence-electron chi connectivity index (χ2n) is 5.81. The quantitative estimate of drug-likeness (QED) is 0.562. The van der Waals surface area contributed by atoms with E-state index in [1.54, 1.807) is 37.3 Å². The summed E-state index contributed by atoms with van der Waals surface area (Å²) in [6.45, 7) is 1.68. The van der Waals surface area contributed by atoms with Gasteiger partial charge < -0.3 is 4.74 Å². The molecule has 1 heterocycles. The average Bonchev–Trinajstić information content (AvgIpc) is 3.10. The largest absolute Gasteiger partial charge is 0.497 e. The first-order chi connectivity index (χ1) is 13.3. The van der Waals surface area contributed by atoms with Crippen LogP contribution in [0, 0.1) is 11.3 Å². The Balaban J connectivity index is 2.16. The zero-order valence-corrected chi connectivity index (χ0v) is 15.8. The Morgan fingerprint density at radius 2 is 1.86 bits per heavy atom. The van der Waals surface area contributed by atoms with Crippen molar-refractivity contribution in [1.29, 1.82) is 5.26 Å². The Hall–Kier alpha value is -2.99. The van der Waals surface area contributed by atoms with E-state index in [2.05, 4.69) is 16.3 Å². The number of aromatic nitrogens is 3. The number of methoxy groups -OCH3 is 1. The summed E-state index contributed by atoms with van der Waals surface area (Å²) in [5.74, 6) is 1.01. The van der Waals surface area contributed by atoms with Gasteiger partial charge in [-0.15, -0.1) is 10.2 Å². The lowest BCUT2D eigenvalue weighted by molar-refractivity contribution is -0.137. The summed E-state index contributed by atoms with van der Waals surface area (Å²) in [6.07, 6.45) is -4.47. The van der Waals surface area contributed by atoms with Gasteiger partial charge in [0.1, 0.15) is 5.75 Å². The molecule has 3 rings (SSSR count). The van der Waals surface area contributed by atoms with Crippen molar-refractivity contribution in [2.45, 2.75) is 23.5 Å². The van der Waals surface area contributed by atoms with E-state index in [0.29, 0.717) is 22.3 Å². The van der Waals surface area contributed by atoms with Crippen molar-refractivity contribution < 1.29 is 17.9 Å². The van der Waals surface area contributed by atoms with E-state index in [4.69, 9.17) is 10.00 Å². The second-order valence-corrected chi connectivity index (χ2v) is 7.12. The van der Waals surface area contributed by atoms with E-state index in [-0.39, 0.29) is 5.69 Å². The lowest BCUT2D eigenvalue weighted by Gasteiger charge is -2.13. The molecule has 0 saturated carbocycles. The molecule has 0 unspecified atom stereocenters. The molecule has 0 amide bonds. The number of benzene rings is 2. The molecule has 0 bridgehead atoms. The molecule has 0 N–H and O–H groups in total. The summed E-state index contributed by atoms with van der Waals surface area (Å²) in [4.78, 5) is 0. The van der Waals surface area contributed by atoms with Gasteiger partial charge >= 0.3 is 6.18 Å². The van der Waals surface area contributed by atoms with Crippen molar-refractivity contribution in [2.75, 3.05) is 7.11 Å². The Labute approximate surface area is 163 Å². The molecule has 1 aromatic heterocycles. The molecular weight excluding hydrogens is 389 g/mol. The van der Waals surface area contributed by atoms with Gasteiger partial charge in [0, 0.05) is 5.56 Å². The van der Waals surface area contributed by atoms with Gasteiger partial charge in [-0.05, 0) is 49.4 Å². The minimum atomic E-state index is -4.47. The molecule has 3 aromatic rings. The van der Waals surface area contributed by atoms with Gasteiger partial charge in [-0.1, -0.05) is 17.8 Å². The van der Waals surface area contributed by atoms with Crippen LogP contribution < -0.4 is 4.74 Å². The number of hydrogen-bond donors (Lipinski definition) is 0. The number of thioether (sulfide) groups is 1. The molecule has 144 valence electrons. The van der Waals surface area contributed by atoms with Crippen LogP contribution >= 0.6 is 11.8 Å². The molecule has 0 aliphatic rings. The minimum Gasteiger partial charge on any atom is -0.497 e. The van der Waals surface area contributed by atoms with Crippen LogP contribution in [0.15, 0.2) is 53.7 Å². The van der Waals surface area contributed by atoms with Crippen LogP contribution in [0.2, 0.25) is 0 Å². The first-order valence-electron chi connectivity index (χ1n) is 8.17. The van der Waals surface area contributed by atoms with Gasteiger partial charge in [0.05, 0.1) is 29.7 Å². The van der Waals surface area contributed by atoms with Crippen molar-refractivity contribution in [3.8, 4) is 28.9 Å². The van der Waals surface area contributed by atoms with E-state index < -0.39 is 17.0 Å². The van der Waals surface area contributed by atoms with Crippen molar-refractivity contribution in [1.82, 2.24) is 14.8 Å². The van der Waals surface area contributed by atoms with E-state index in [1.807, 2.05) is 0 Å². The number of rotatable bonds is 5. The van der Waals surface area contributed by atoms with Gasteiger partial charge in [0.15, 0.2) is 11.0 Å². The molecule has 0 spiro atoms. The van der Waals surface area contributed by atoms with Gasteiger partial charge in [-0.2, -0.15) is 18.4 Å². The third kappa shape index (κ3) is 4.12. The average molecular weight is 404 g/mol. The zero-order valence-electron chi connectivity index (χ0n) is 14.9. The van der Waals surface area contributed by atoms with Crippen LogP contribution in [0.5, 0.6) is 5.75 Å². The predicted molar refractivity (Wildman–Crippen MR) is 99.3 cm³/mol. The lowest BCUT2D eigenvalue weighted by atomic mass is 10.1. The smallest absolute Gasteiger partial charge is 0.416 e. The highest BCUT2D eigenvalue weighted by Gasteiger charge is 2.31. The molecule has 0 aliphatic heterocycles. The summed E-state index contributed by atoms with van der Waals surface area (Å²) in [5, 5.41) is 17.2. The molecular formula is C19H15F3N4OS. The number of nitriles is 1.